The first-order chi connectivity index (χ1) is 34.2. The SMILES string of the molecule is COc1cc(Nc2c(C#N)cnc3cc(OCCCN4CCN(CCOCCOCCOCCOCCOCCOCCOCCNC(=O)[C@H]5C[C@@H]6C[C@H]5[C@@H](O)[C@H]6O)CC4)c(OC)cc23)c(Cl)cc1Cl. The first kappa shape index (κ1) is 55.5. The number of piperazine rings is 1. The number of hydrogen-bond acceptors (Lipinski definition) is 18. The summed E-state index contributed by atoms with van der Waals surface area (Å²) in [6.07, 6.45) is 2.22. The maximum absolute atomic E-state index is 12.4. The van der Waals surface area contributed by atoms with Crippen molar-refractivity contribution < 1.29 is 62.4 Å². The fourth-order valence-corrected chi connectivity index (χ4v) is 9.42. The highest BCUT2D eigenvalue weighted by molar-refractivity contribution is 6.37. The van der Waals surface area contributed by atoms with E-state index >= 15 is 0 Å². The Morgan fingerprint density at radius 3 is 1.83 bits per heavy atom. The number of pyridine rings is 1. The van der Waals surface area contributed by atoms with Gasteiger partial charge in [0.2, 0.25) is 5.91 Å². The number of carbonyl (C=O) groups is 1. The number of amides is 1. The number of nitrogens with one attached hydrogen (secondary N) is 2. The lowest BCUT2D eigenvalue weighted by Crippen LogP contribution is -2.47. The second-order valence-electron chi connectivity index (χ2n) is 17.2. The van der Waals surface area contributed by atoms with Gasteiger partial charge in [-0.2, -0.15) is 5.26 Å². The summed E-state index contributed by atoms with van der Waals surface area (Å²) >= 11 is 12.7. The number of ether oxygens (including phenoxy) is 10. The van der Waals surface area contributed by atoms with Gasteiger partial charge in [0, 0.05) is 75.4 Å². The molecule has 1 amide bonds. The van der Waals surface area contributed by atoms with Gasteiger partial charge in [0.1, 0.15) is 11.8 Å². The van der Waals surface area contributed by atoms with E-state index in [2.05, 4.69) is 31.5 Å². The number of anilines is 2. The van der Waals surface area contributed by atoms with Gasteiger partial charge in [-0.05, 0) is 43.2 Å². The molecule has 19 nitrogen and oxygen atoms in total. The minimum absolute atomic E-state index is 0.0259. The minimum Gasteiger partial charge on any atom is -0.495 e. The topological polar surface area (TPSA) is 217 Å². The fourth-order valence-electron chi connectivity index (χ4n) is 8.91. The monoisotopic (exact) mass is 1020 g/mol. The quantitative estimate of drug-likeness (QED) is 0.0618. The van der Waals surface area contributed by atoms with Gasteiger partial charge in [0.05, 0.1) is 158 Å². The summed E-state index contributed by atoms with van der Waals surface area (Å²) < 4.78 is 56.4. The van der Waals surface area contributed by atoms with Crippen LogP contribution in [0.4, 0.5) is 11.4 Å². The van der Waals surface area contributed by atoms with E-state index < -0.39 is 12.2 Å². The van der Waals surface area contributed by atoms with Crippen LogP contribution in [0.1, 0.15) is 24.8 Å². The number of fused-ring (bicyclic) bond motifs is 3. The molecule has 388 valence electrons. The number of methoxy groups -OCH3 is 2. The second-order valence-corrected chi connectivity index (χ2v) is 18.0. The molecule has 2 bridgehead atoms. The zero-order chi connectivity index (χ0) is 49.5. The summed E-state index contributed by atoms with van der Waals surface area (Å²) in [6, 6.07) is 9.10. The first-order valence-corrected chi connectivity index (χ1v) is 24.9. The number of aliphatic hydroxyl groups is 2. The van der Waals surface area contributed by atoms with Crippen molar-refractivity contribution in [3.05, 3.63) is 46.1 Å². The number of halogens is 2. The van der Waals surface area contributed by atoms with Crippen LogP contribution in [0.2, 0.25) is 10.0 Å². The van der Waals surface area contributed by atoms with Gasteiger partial charge in [0.15, 0.2) is 11.5 Å². The summed E-state index contributed by atoms with van der Waals surface area (Å²) in [7, 11) is 3.10. The molecule has 0 spiro atoms. The van der Waals surface area contributed by atoms with Crippen molar-refractivity contribution in [2.24, 2.45) is 17.8 Å². The average molecular weight is 1020 g/mol. The van der Waals surface area contributed by atoms with Crippen molar-refractivity contribution in [1.29, 1.82) is 5.26 Å². The van der Waals surface area contributed by atoms with Crippen LogP contribution in [0.3, 0.4) is 0 Å². The molecule has 1 aliphatic heterocycles. The number of benzene rings is 2. The average Bonchev–Trinajstić information content (AvgIpc) is 3.93. The lowest BCUT2D eigenvalue weighted by molar-refractivity contribution is -0.130. The molecule has 3 aliphatic rings. The molecule has 1 aromatic heterocycles. The molecule has 6 rings (SSSR count). The number of rotatable bonds is 34. The van der Waals surface area contributed by atoms with Crippen LogP contribution >= 0.6 is 23.2 Å². The number of aliphatic hydroxyl groups excluding tert-OH is 2. The third-order valence-electron chi connectivity index (χ3n) is 12.7. The van der Waals surface area contributed by atoms with Gasteiger partial charge in [-0.3, -0.25) is 14.7 Å². The lowest BCUT2D eigenvalue weighted by Gasteiger charge is -2.34. The predicted octanol–water partition coefficient (Wildman–Crippen LogP) is 4.17. The largest absolute Gasteiger partial charge is 0.495 e. The standard InChI is InChI=1S/C49H70Cl2N6O13/c1-61-43-31-42(39(50)29-40(43)51)55-46-35(32-52)33-54-41-30-45(44(62-2)28-38(41)46)70-11-3-5-56-6-8-57(9-7-56)10-13-64-15-17-66-19-21-68-23-25-69-24-22-67-20-18-65-16-14-63-12-4-53-49(60)37-27-34-26-36(37)48(59)47(34)58/h28-31,33-34,36-37,47-48,58-59H,3-27H2,1-2H3,(H,53,60)(H,54,55)/t34-,36+,37-,47-,48+/m0/s1. The molecule has 2 aliphatic carbocycles. The minimum atomic E-state index is -0.795. The molecule has 2 saturated carbocycles. The van der Waals surface area contributed by atoms with Crippen molar-refractivity contribution >= 4 is 51.4 Å². The molecule has 70 heavy (non-hydrogen) atoms. The normalized spacial score (nSPS) is 20.2. The molecule has 1 saturated heterocycles. The second kappa shape index (κ2) is 30.2. The van der Waals surface area contributed by atoms with Crippen LogP contribution in [0.25, 0.3) is 10.9 Å². The van der Waals surface area contributed by atoms with Crippen LogP contribution < -0.4 is 24.8 Å². The molecule has 0 unspecified atom stereocenters. The van der Waals surface area contributed by atoms with E-state index in [0.29, 0.717) is 174 Å². The van der Waals surface area contributed by atoms with Crippen molar-refractivity contribution in [2.75, 3.05) is 164 Å². The van der Waals surface area contributed by atoms with Crippen LogP contribution in [0.5, 0.6) is 17.2 Å². The summed E-state index contributed by atoms with van der Waals surface area (Å²) in [4.78, 5) is 21.8. The Morgan fingerprint density at radius 2 is 1.27 bits per heavy atom. The van der Waals surface area contributed by atoms with Crippen LogP contribution in [-0.2, 0) is 38.0 Å². The molecule has 3 fully saturated rings. The molecule has 4 N–H and O–H groups in total. The molecular weight excluding hydrogens is 951 g/mol. The summed E-state index contributed by atoms with van der Waals surface area (Å²) in [5.41, 5.74) is 2.01. The third-order valence-corrected chi connectivity index (χ3v) is 13.3. The van der Waals surface area contributed by atoms with Gasteiger partial charge < -0.3 is 73.1 Å². The Bertz CT molecular complexity index is 2100. The Kier molecular flexibility index (Phi) is 24.0. The molecule has 0 radical (unpaired) electrons. The maximum atomic E-state index is 12.4. The highest BCUT2D eigenvalue weighted by Crippen LogP contribution is 2.48. The van der Waals surface area contributed by atoms with Crippen molar-refractivity contribution in [1.82, 2.24) is 20.1 Å². The van der Waals surface area contributed by atoms with Crippen molar-refractivity contribution in [3.63, 3.8) is 0 Å². The first-order valence-electron chi connectivity index (χ1n) is 24.2. The zero-order valence-electron chi connectivity index (χ0n) is 40.4. The smallest absolute Gasteiger partial charge is 0.223 e. The maximum Gasteiger partial charge on any atom is 0.223 e. The molecule has 21 heteroatoms. The summed E-state index contributed by atoms with van der Waals surface area (Å²) in [5, 5.41) is 37.4. The van der Waals surface area contributed by atoms with E-state index in [0.717, 1.165) is 45.7 Å². The van der Waals surface area contributed by atoms with Gasteiger partial charge in [-0.25, -0.2) is 0 Å². The number of carbonyl (C=O) groups excluding carboxylic acids is 1. The van der Waals surface area contributed by atoms with E-state index in [1.165, 1.54) is 13.3 Å². The number of hydrogen-bond donors (Lipinski definition) is 4. The van der Waals surface area contributed by atoms with E-state index in [4.69, 9.17) is 70.6 Å². The predicted molar refractivity (Wildman–Crippen MR) is 263 cm³/mol. The van der Waals surface area contributed by atoms with Crippen molar-refractivity contribution in [3.8, 4) is 23.3 Å². The number of aromatic nitrogens is 1. The molecule has 2 heterocycles. The lowest BCUT2D eigenvalue weighted by atomic mass is 9.84. The fraction of sp³-hybridized carbons (Fsp3) is 0.653. The highest BCUT2D eigenvalue weighted by Gasteiger charge is 2.53. The number of nitriles is 1. The molecule has 5 atom stereocenters. The molecule has 3 aromatic rings. The van der Waals surface area contributed by atoms with E-state index in [1.807, 2.05) is 12.1 Å². The Morgan fingerprint density at radius 1 is 0.700 bits per heavy atom. The molecular formula is C49H70Cl2N6O13. The van der Waals surface area contributed by atoms with E-state index in [-0.39, 0.29) is 23.7 Å². The van der Waals surface area contributed by atoms with Gasteiger partial charge >= 0.3 is 0 Å². The zero-order valence-corrected chi connectivity index (χ0v) is 41.9. The van der Waals surface area contributed by atoms with Crippen LogP contribution in [-0.4, -0.2) is 202 Å². The van der Waals surface area contributed by atoms with E-state index in [9.17, 15) is 20.3 Å². The van der Waals surface area contributed by atoms with Crippen molar-refractivity contribution in [2.45, 2.75) is 31.5 Å². The van der Waals surface area contributed by atoms with E-state index in [1.54, 1.807) is 19.2 Å². The molecule has 2 aromatic carbocycles. The number of nitrogens with zero attached hydrogens (tertiary/aromatic N) is 4. The Balaban J connectivity index is 0.690. The third kappa shape index (κ3) is 16.9. The highest BCUT2D eigenvalue weighted by atomic mass is 35.5. The van der Waals surface area contributed by atoms with Gasteiger partial charge in [-0.1, -0.05) is 23.2 Å². The summed E-state index contributed by atoms with van der Waals surface area (Å²) in [6.45, 7) is 13.4. The Labute approximate surface area is 420 Å². The van der Waals surface area contributed by atoms with Gasteiger partial charge in [0.25, 0.3) is 0 Å². The Hall–Kier alpha value is -3.85. The van der Waals surface area contributed by atoms with Crippen LogP contribution in [0.15, 0.2) is 30.5 Å². The van der Waals surface area contributed by atoms with Gasteiger partial charge in [-0.15, -0.1) is 0 Å². The van der Waals surface area contributed by atoms with Crippen LogP contribution in [0, 0.1) is 29.1 Å². The summed E-state index contributed by atoms with van der Waals surface area (Å²) in [5.74, 6) is 1.13.